The van der Waals surface area contributed by atoms with E-state index in [-0.39, 0.29) is 0 Å². The molecule has 0 amide bonds. The number of benzene rings is 1. The normalized spacial score (nSPS) is 18.7. The lowest BCUT2D eigenvalue weighted by Gasteiger charge is -2.20. The van der Waals surface area contributed by atoms with E-state index in [9.17, 15) is 0 Å². The average Bonchev–Trinajstić information content (AvgIpc) is 2.94. The van der Waals surface area contributed by atoms with Crippen LogP contribution in [-0.2, 0) is 6.42 Å². The van der Waals surface area contributed by atoms with E-state index in [0.29, 0.717) is 0 Å². The van der Waals surface area contributed by atoms with E-state index in [2.05, 4.69) is 38.1 Å². The van der Waals surface area contributed by atoms with Crippen molar-refractivity contribution in [2.75, 3.05) is 0 Å². The van der Waals surface area contributed by atoms with Crippen LogP contribution in [0.2, 0.25) is 0 Å². The average molecular weight is 287 g/mol. The predicted octanol–water partition coefficient (Wildman–Crippen LogP) is 6.88. The first-order chi connectivity index (χ1) is 10.3. The third-order valence-electron chi connectivity index (χ3n) is 5.38. The molecule has 0 nitrogen and oxygen atoms in total. The van der Waals surface area contributed by atoms with Gasteiger partial charge in [-0.1, -0.05) is 95.9 Å². The first-order valence-corrected chi connectivity index (χ1v) is 9.40. The maximum Gasteiger partial charge on any atom is -0.0130 e. The fraction of sp³-hybridized carbons (Fsp3) is 0.714. The molecule has 1 aliphatic rings. The van der Waals surface area contributed by atoms with Gasteiger partial charge in [-0.05, 0) is 35.8 Å². The predicted molar refractivity (Wildman–Crippen MR) is 93.9 cm³/mol. The van der Waals surface area contributed by atoms with Gasteiger partial charge in [0.25, 0.3) is 0 Å². The lowest BCUT2D eigenvalue weighted by Crippen LogP contribution is -2.06. The summed E-state index contributed by atoms with van der Waals surface area (Å²) in [6, 6.07) is 9.13. The molecule has 2 unspecified atom stereocenters. The largest absolute Gasteiger partial charge is 0.0654 e. The van der Waals surface area contributed by atoms with Gasteiger partial charge in [0.1, 0.15) is 0 Å². The van der Waals surface area contributed by atoms with E-state index in [1.807, 2.05) is 0 Å². The van der Waals surface area contributed by atoms with Crippen LogP contribution in [-0.4, -0.2) is 0 Å². The van der Waals surface area contributed by atoms with Crippen molar-refractivity contribution in [3.63, 3.8) is 0 Å². The van der Waals surface area contributed by atoms with E-state index < -0.39 is 0 Å². The second-order valence-corrected chi connectivity index (χ2v) is 7.08. The zero-order chi connectivity index (χ0) is 14.9. The Hall–Kier alpha value is -0.780. The number of rotatable bonds is 10. The molecule has 0 N–H and O–H groups in total. The van der Waals surface area contributed by atoms with Crippen molar-refractivity contribution in [2.45, 2.75) is 90.4 Å². The second-order valence-electron chi connectivity index (χ2n) is 7.08. The van der Waals surface area contributed by atoms with Crippen molar-refractivity contribution in [1.29, 1.82) is 0 Å². The van der Waals surface area contributed by atoms with Gasteiger partial charge in [-0.25, -0.2) is 0 Å². The minimum absolute atomic E-state index is 0.839. The highest BCUT2D eigenvalue weighted by atomic mass is 14.3. The summed E-state index contributed by atoms with van der Waals surface area (Å²) >= 11 is 0. The van der Waals surface area contributed by atoms with Gasteiger partial charge in [-0.15, -0.1) is 0 Å². The molecule has 0 heterocycles. The Kier molecular flexibility index (Phi) is 7.33. The minimum Gasteiger partial charge on any atom is -0.0654 e. The smallest absolute Gasteiger partial charge is 0.0130 e. The fourth-order valence-electron chi connectivity index (χ4n) is 3.98. The van der Waals surface area contributed by atoms with E-state index in [4.69, 9.17) is 0 Å². The van der Waals surface area contributed by atoms with Gasteiger partial charge < -0.3 is 0 Å². The molecule has 0 aliphatic heterocycles. The molecule has 0 bridgehead atoms. The Bertz CT molecular complexity index is 393. The fourth-order valence-corrected chi connectivity index (χ4v) is 3.98. The molecule has 1 aromatic carbocycles. The molecule has 1 aliphatic carbocycles. The van der Waals surface area contributed by atoms with Gasteiger partial charge >= 0.3 is 0 Å². The molecule has 0 fully saturated rings. The van der Waals surface area contributed by atoms with Crippen molar-refractivity contribution in [2.24, 2.45) is 5.92 Å². The van der Waals surface area contributed by atoms with E-state index in [1.54, 1.807) is 11.1 Å². The number of unbranched alkanes of at least 4 members (excludes halogenated alkanes) is 7. The van der Waals surface area contributed by atoms with E-state index in [0.717, 1.165) is 11.8 Å². The van der Waals surface area contributed by atoms with Crippen molar-refractivity contribution >= 4 is 0 Å². The number of fused-ring (bicyclic) bond motifs is 1. The Morgan fingerprint density at radius 1 is 0.952 bits per heavy atom. The maximum atomic E-state index is 2.48. The molecule has 0 saturated heterocycles. The van der Waals surface area contributed by atoms with Gasteiger partial charge in [0.15, 0.2) is 0 Å². The minimum atomic E-state index is 0.839. The molecule has 0 heteroatoms. The summed E-state index contributed by atoms with van der Waals surface area (Å²) in [6.45, 7) is 4.77. The van der Waals surface area contributed by atoms with Gasteiger partial charge in [0.2, 0.25) is 0 Å². The molecule has 0 radical (unpaired) electrons. The summed E-state index contributed by atoms with van der Waals surface area (Å²) in [5, 5.41) is 0. The zero-order valence-electron chi connectivity index (χ0n) is 14.2. The van der Waals surface area contributed by atoms with Gasteiger partial charge in [-0.3, -0.25) is 0 Å². The lowest BCUT2D eigenvalue weighted by molar-refractivity contribution is 0.404. The highest BCUT2D eigenvalue weighted by Gasteiger charge is 2.26. The molecular formula is C21H34. The van der Waals surface area contributed by atoms with Crippen LogP contribution in [0.25, 0.3) is 0 Å². The zero-order valence-corrected chi connectivity index (χ0v) is 14.2. The van der Waals surface area contributed by atoms with Crippen LogP contribution >= 0.6 is 0 Å². The summed E-state index contributed by atoms with van der Waals surface area (Å²) in [5.74, 6) is 1.71. The SMILES string of the molecule is CCCCCCCCCCC(C)C1CCc2ccccc21. The van der Waals surface area contributed by atoms with Crippen molar-refractivity contribution in [3.8, 4) is 0 Å². The Morgan fingerprint density at radius 2 is 1.62 bits per heavy atom. The Balaban J connectivity index is 1.59. The van der Waals surface area contributed by atoms with Crippen LogP contribution in [0, 0.1) is 5.92 Å². The van der Waals surface area contributed by atoms with Gasteiger partial charge in [0, 0.05) is 0 Å². The maximum absolute atomic E-state index is 2.48. The molecule has 118 valence electrons. The summed E-state index contributed by atoms with van der Waals surface area (Å²) in [6.07, 6.45) is 15.6. The van der Waals surface area contributed by atoms with Crippen LogP contribution in [0.1, 0.15) is 95.1 Å². The Labute approximate surface area is 132 Å². The number of aryl methyl sites for hydroxylation is 1. The van der Waals surface area contributed by atoms with Crippen LogP contribution in [0.5, 0.6) is 0 Å². The van der Waals surface area contributed by atoms with E-state index in [1.165, 1.54) is 70.6 Å². The second kappa shape index (κ2) is 9.28. The van der Waals surface area contributed by atoms with Gasteiger partial charge in [-0.2, -0.15) is 0 Å². The number of hydrogen-bond acceptors (Lipinski definition) is 0. The Morgan fingerprint density at radius 3 is 2.38 bits per heavy atom. The molecule has 2 rings (SSSR count). The molecule has 0 spiro atoms. The van der Waals surface area contributed by atoms with Crippen LogP contribution in [0.3, 0.4) is 0 Å². The van der Waals surface area contributed by atoms with E-state index >= 15 is 0 Å². The highest BCUT2D eigenvalue weighted by Crippen LogP contribution is 2.39. The van der Waals surface area contributed by atoms with Crippen LogP contribution < -0.4 is 0 Å². The topological polar surface area (TPSA) is 0 Å². The summed E-state index contributed by atoms with van der Waals surface area (Å²) in [5.41, 5.74) is 3.27. The quantitative estimate of drug-likeness (QED) is 0.411. The van der Waals surface area contributed by atoms with Crippen molar-refractivity contribution in [3.05, 3.63) is 35.4 Å². The third-order valence-corrected chi connectivity index (χ3v) is 5.38. The van der Waals surface area contributed by atoms with Crippen LogP contribution in [0.15, 0.2) is 24.3 Å². The first-order valence-electron chi connectivity index (χ1n) is 9.40. The van der Waals surface area contributed by atoms with Crippen molar-refractivity contribution < 1.29 is 0 Å². The van der Waals surface area contributed by atoms with Gasteiger partial charge in [0.05, 0.1) is 0 Å². The molecule has 1 aromatic rings. The molecule has 2 atom stereocenters. The molecule has 0 saturated carbocycles. The summed E-state index contributed by atoms with van der Waals surface area (Å²) in [4.78, 5) is 0. The molecular weight excluding hydrogens is 252 g/mol. The van der Waals surface area contributed by atoms with Crippen molar-refractivity contribution in [1.82, 2.24) is 0 Å². The highest BCUT2D eigenvalue weighted by molar-refractivity contribution is 5.35. The first kappa shape index (κ1) is 16.6. The summed E-state index contributed by atoms with van der Waals surface area (Å²) in [7, 11) is 0. The lowest BCUT2D eigenvalue weighted by atomic mass is 9.85. The number of hydrogen-bond donors (Lipinski definition) is 0. The molecule has 0 aromatic heterocycles. The standard InChI is InChI=1S/C21H34/c1-3-4-5-6-7-8-9-10-13-18(2)20-17-16-19-14-11-12-15-21(19)20/h11-12,14-15,18,20H,3-10,13,16-17H2,1-2H3. The monoisotopic (exact) mass is 286 g/mol. The molecule has 21 heavy (non-hydrogen) atoms. The summed E-state index contributed by atoms with van der Waals surface area (Å²) < 4.78 is 0. The van der Waals surface area contributed by atoms with Crippen LogP contribution in [0.4, 0.5) is 0 Å². The third kappa shape index (κ3) is 5.16.